The number of allylic oxidation sites excluding steroid dienone is 21. The number of nitrogens with zero attached hydrogens (tertiary/aromatic N) is 1. The first kappa shape index (κ1) is 75.2. The van der Waals surface area contributed by atoms with Gasteiger partial charge in [-0.2, -0.15) is 0 Å². The van der Waals surface area contributed by atoms with Crippen LogP contribution in [0.15, 0.2) is 134 Å². The summed E-state index contributed by atoms with van der Waals surface area (Å²) in [4.78, 5) is 37.7. The summed E-state index contributed by atoms with van der Waals surface area (Å²) in [5.74, 6) is -0.609. The van der Waals surface area contributed by atoms with Gasteiger partial charge in [0.1, 0.15) is 19.3 Å². The number of esters is 1. The fourth-order valence-electron chi connectivity index (χ4n) is 8.23. The van der Waals surface area contributed by atoms with E-state index >= 15 is 0 Å². The lowest BCUT2D eigenvalue weighted by Gasteiger charge is -2.27. The molecule has 0 saturated heterocycles. The van der Waals surface area contributed by atoms with E-state index < -0.39 is 25.9 Å². The highest BCUT2D eigenvalue weighted by Gasteiger charge is 2.30. The first-order chi connectivity index (χ1) is 38.4. The first-order valence-electron chi connectivity index (χ1n) is 31.5. The van der Waals surface area contributed by atoms with Crippen molar-refractivity contribution in [2.45, 2.75) is 251 Å². The van der Waals surface area contributed by atoms with Crippen LogP contribution in [0.5, 0.6) is 0 Å². The molecule has 0 rings (SSSR count). The van der Waals surface area contributed by atoms with Crippen molar-refractivity contribution in [1.29, 1.82) is 0 Å². The molecule has 9 nitrogen and oxygen atoms in total. The number of carbonyl (C=O) groups is 2. The fourth-order valence-corrected chi connectivity index (χ4v) is 8.96. The standard InChI is InChI=1S/C69H117N2O7P/c1-7-10-13-16-19-22-25-28-30-32-33-34-35-36-37-39-40-43-46-49-52-55-58-61-68(72)70-66(65-77-79(74,75)76-64-63-71(4,5)6)67(60-57-54-51-48-45-42-27-24-21-18-15-12-9-3)78-69(73)62-59-56-53-50-47-44-41-38-31-29-26-23-20-17-14-11-8-2/h10,13,19-20,22-23,28-31,33-34,36-37,40-41,43-44,50,53,57,60,66-67H,7-9,11-12,14-18,21,24-27,32,35,38-39,42,45-49,51-52,54-56,58-59,61-65H2,1-6H3,(H-,70,72,74,75)/p+1/b13-10-,22-19-,23-20-,30-28-,31-29-,34-33-,37-36-,43-40-,44-41-,53-50-,60-57-. The monoisotopic (exact) mass is 1120 g/mol. The predicted molar refractivity (Wildman–Crippen MR) is 341 cm³/mol. The van der Waals surface area contributed by atoms with Crippen LogP contribution in [0.4, 0.5) is 0 Å². The number of hydrogen-bond donors (Lipinski definition) is 2. The summed E-state index contributed by atoms with van der Waals surface area (Å²) < 4.78 is 30.6. The largest absolute Gasteiger partial charge is 0.472 e. The smallest absolute Gasteiger partial charge is 0.456 e. The molecule has 0 aliphatic carbocycles. The Morgan fingerprint density at radius 2 is 0.823 bits per heavy atom. The Bertz CT molecular complexity index is 1810. The minimum Gasteiger partial charge on any atom is -0.456 e. The van der Waals surface area contributed by atoms with Crippen LogP contribution in [-0.2, 0) is 27.9 Å². The van der Waals surface area contributed by atoms with Crippen molar-refractivity contribution in [1.82, 2.24) is 5.32 Å². The molecular weight excluding hydrogens is 1000 g/mol. The number of nitrogens with one attached hydrogen (secondary N) is 1. The van der Waals surface area contributed by atoms with Gasteiger partial charge in [-0.1, -0.05) is 238 Å². The molecule has 0 aliphatic heterocycles. The number of ether oxygens (including phenoxy) is 1. The second-order valence-electron chi connectivity index (χ2n) is 21.8. The zero-order valence-corrected chi connectivity index (χ0v) is 52.2. The number of rotatable bonds is 55. The maximum Gasteiger partial charge on any atom is 0.472 e. The van der Waals surface area contributed by atoms with Crippen LogP contribution in [0.25, 0.3) is 0 Å². The molecule has 0 aromatic rings. The number of amides is 1. The van der Waals surface area contributed by atoms with Crippen LogP contribution in [0, 0.1) is 0 Å². The normalized spacial score (nSPS) is 14.6. The summed E-state index contributed by atoms with van der Waals surface area (Å²) in [6, 6.07) is -0.894. The Balaban J connectivity index is 5.41. The van der Waals surface area contributed by atoms with E-state index in [1.54, 1.807) is 0 Å². The third-order valence-corrected chi connectivity index (χ3v) is 14.1. The minimum absolute atomic E-state index is 0.0190. The van der Waals surface area contributed by atoms with E-state index in [1.807, 2.05) is 33.3 Å². The molecule has 1 amide bonds. The summed E-state index contributed by atoms with van der Waals surface area (Å²) in [6.07, 6.45) is 81.7. The molecule has 2 N–H and O–H groups in total. The van der Waals surface area contributed by atoms with Gasteiger partial charge in [-0.3, -0.25) is 18.6 Å². The highest BCUT2D eigenvalue weighted by atomic mass is 31.2. The van der Waals surface area contributed by atoms with E-state index in [1.165, 1.54) is 83.5 Å². The molecule has 3 atom stereocenters. The molecular formula is C69H118N2O7P+. The highest BCUT2D eigenvalue weighted by Crippen LogP contribution is 2.43. The Kier molecular flexibility index (Phi) is 54.6. The van der Waals surface area contributed by atoms with Crippen molar-refractivity contribution < 1.29 is 37.3 Å². The fraction of sp³-hybridized carbons (Fsp3) is 0.652. The van der Waals surface area contributed by atoms with Gasteiger partial charge in [0.25, 0.3) is 0 Å². The maximum absolute atomic E-state index is 13.6. The maximum atomic E-state index is 13.6. The molecule has 0 heterocycles. The van der Waals surface area contributed by atoms with E-state index in [2.05, 4.69) is 148 Å². The second-order valence-corrected chi connectivity index (χ2v) is 23.3. The van der Waals surface area contributed by atoms with Crippen LogP contribution in [-0.4, -0.2) is 74.3 Å². The average Bonchev–Trinajstić information content (AvgIpc) is 3.41. The highest BCUT2D eigenvalue weighted by molar-refractivity contribution is 7.47. The predicted octanol–water partition coefficient (Wildman–Crippen LogP) is 19.7. The number of likely N-dealkylation sites (N-methyl/N-ethyl adjacent to an activating group) is 1. The molecule has 0 aromatic carbocycles. The van der Waals surface area contributed by atoms with E-state index in [4.69, 9.17) is 13.8 Å². The molecule has 0 spiro atoms. The summed E-state index contributed by atoms with van der Waals surface area (Å²) in [5, 5.41) is 3.03. The van der Waals surface area contributed by atoms with E-state index in [0.29, 0.717) is 23.9 Å². The van der Waals surface area contributed by atoms with Crippen LogP contribution < -0.4 is 5.32 Å². The van der Waals surface area contributed by atoms with Gasteiger partial charge in [-0.05, 0) is 122 Å². The van der Waals surface area contributed by atoms with E-state index in [-0.39, 0.29) is 32.0 Å². The Morgan fingerprint density at radius 1 is 0.456 bits per heavy atom. The van der Waals surface area contributed by atoms with Crippen molar-refractivity contribution in [3.8, 4) is 0 Å². The van der Waals surface area contributed by atoms with Gasteiger partial charge in [-0.15, -0.1) is 0 Å². The molecule has 10 heteroatoms. The van der Waals surface area contributed by atoms with Crippen molar-refractivity contribution in [2.75, 3.05) is 40.9 Å². The SMILES string of the molecule is CC/C=C\C/C=C\C/C=C\C/C=C\C/C=C\C/C=C\CCCCCCC(=O)NC(COP(=O)(O)OCC[N+](C)(C)C)C(/C=C\CCCCCCCCCCCCC)OC(=O)CCC/C=C\C/C=C\C/C=C\C/C=C\CCCCC. The van der Waals surface area contributed by atoms with Crippen LogP contribution in [0.1, 0.15) is 239 Å². The number of quaternary nitrogens is 1. The summed E-state index contributed by atoms with van der Waals surface area (Å²) in [5.41, 5.74) is 0. The van der Waals surface area contributed by atoms with Crippen molar-refractivity contribution in [3.05, 3.63) is 134 Å². The van der Waals surface area contributed by atoms with Gasteiger partial charge in [0.15, 0.2) is 0 Å². The van der Waals surface area contributed by atoms with Gasteiger partial charge >= 0.3 is 13.8 Å². The number of hydrogen-bond acceptors (Lipinski definition) is 6. The van der Waals surface area contributed by atoms with Crippen LogP contribution in [0.3, 0.4) is 0 Å². The third-order valence-electron chi connectivity index (χ3n) is 13.1. The van der Waals surface area contributed by atoms with Crippen LogP contribution >= 0.6 is 7.82 Å². The molecule has 0 bridgehead atoms. The molecule has 450 valence electrons. The van der Waals surface area contributed by atoms with E-state index in [9.17, 15) is 19.0 Å². The Morgan fingerprint density at radius 3 is 1.27 bits per heavy atom. The summed E-state index contributed by atoms with van der Waals surface area (Å²) in [7, 11) is 1.43. The second kappa shape index (κ2) is 57.4. The van der Waals surface area contributed by atoms with Gasteiger partial charge < -0.3 is 19.4 Å². The van der Waals surface area contributed by atoms with Crippen molar-refractivity contribution in [3.63, 3.8) is 0 Å². The Labute approximate surface area is 485 Å². The van der Waals surface area contributed by atoms with E-state index in [0.717, 1.165) is 109 Å². The first-order valence-corrected chi connectivity index (χ1v) is 33.0. The number of unbranched alkanes of at least 4 members (excludes halogenated alkanes) is 19. The molecule has 79 heavy (non-hydrogen) atoms. The van der Waals surface area contributed by atoms with Crippen molar-refractivity contribution in [2.24, 2.45) is 0 Å². The van der Waals surface area contributed by atoms with Gasteiger partial charge in [0.05, 0.1) is 33.8 Å². The lowest BCUT2D eigenvalue weighted by molar-refractivity contribution is -0.870. The van der Waals surface area contributed by atoms with Crippen LogP contribution in [0.2, 0.25) is 0 Å². The van der Waals surface area contributed by atoms with Gasteiger partial charge in [0, 0.05) is 12.8 Å². The average molecular weight is 1120 g/mol. The molecule has 0 radical (unpaired) electrons. The number of phosphoric acid groups is 1. The van der Waals surface area contributed by atoms with Gasteiger partial charge in [-0.25, -0.2) is 4.57 Å². The Hall–Kier alpha value is -3.85. The molecule has 0 saturated carbocycles. The number of phosphoric ester groups is 1. The lowest BCUT2D eigenvalue weighted by atomic mass is 10.0. The minimum atomic E-state index is -4.48. The zero-order valence-electron chi connectivity index (χ0n) is 51.3. The third kappa shape index (κ3) is 58.6. The summed E-state index contributed by atoms with van der Waals surface area (Å²) >= 11 is 0. The molecule has 0 aliphatic rings. The van der Waals surface area contributed by atoms with Crippen molar-refractivity contribution >= 4 is 19.7 Å². The quantitative estimate of drug-likeness (QED) is 0.0205. The topological polar surface area (TPSA) is 111 Å². The zero-order chi connectivity index (χ0) is 57.9. The summed E-state index contributed by atoms with van der Waals surface area (Å²) in [6.45, 7) is 6.80. The lowest BCUT2D eigenvalue weighted by Crippen LogP contribution is -2.47. The number of carbonyl (C=O) groups excluding carboxylic acids is 2. The molecule has 0 aromatic heterocycles. The molecule has 3 unspecified atom stereocenters. The molecule has 0 fully saturated rings. The van der Waals surface area contributed by atoms with Gasteiger partial charge in [0.2, 0.25) is 5.91 Å².